The molecule has 192 valence electrons. The van der Waals surface area contributed by atoms with E-state index in [0.29, 0.717) is 29.8 Å². The molecule has 37 heavy (non-hydrogen) atoms. The zero-order valence-corrected chi connectivity index (χ0v) is 21.1. The van der Waals surface area contributed by atoms with Crippen molar-refractivity contribution in [2.45, 2.75) is 24.7 Å². The Morgan fingerprint density at radius 1 is 1.35 bits per heavy atom. The third-order valence-electron chi connectivity index (χ3n) is 6.47. The van der Waals surface area contributed by atoms with Gasteiger partial charge in [-0.1, -0.05) is 0 Å². The van der Waals surface area contributed by atoms with E-state index in [1.54, 1.807) is 26.3 Å². The minimum absolute atomic E-state index is 0.0130. The standard InChI is InChI=1S/C26H25FN4O5S/c1-31-20-7-14(3-4-21(20)36-26(31)33)23-8-16-5-15(19(27)9-24(16)37-23)6-17(10-28)30-25(32)22-12-29-11-18(34-2)13-35-22/h3-5,7-9,17-18,22,29H,6,11-13H2,1-2H3,(H,30,32)/t17-,18+,22-/m0/s1. The number of rotatable bonds is 6. The molecular weight excluding hydrogens is 499 g/mol. The summed E-state index contributed by atoms with van der Waals surface area (Å²) in [5.41, 5.74) is 2.38. The van der Waals surface area contributed by atoms with Crippen LogP contribution in [0.4, 0.5) is 4.39 Å². The number of nitrogens with one attached hydrogen (secondary N) is 2. The van der Waals surface area contributed by atoms with Crippen molar-refractivity contribution in [1.82, 2.24) is 15.2 Å². The van der Waals surface area contributed by atoms with Crippen molar-refractivity contribution in [3.63, 3.8) is 0 Å². The summed E-state index contributed by atoms with van der Waals surface area (Å²) in [6.45, 7) is 1.11. The Morgan fingerprint density at radius 2 is 2.19 bits per heavy atom. The lowest BCUT2D eigenvalue weighted by Crippen LogP contribution is -2.46. The first-order chi connectivity index (χ1) is 17.9. The van der Waals surface area contributed by atoms with Gasteiger partial charge in [-0.3, -0.25) is 9.36 Å². The molecule has 2 aromatic heterocycles. The van der Waals surface area contributed by atoms with Crippen molar-refractivity contribution in [2.24, 2.45) is 7.05 Å². The maximum atomic E-state index is 15.0. The summed E-state index contributed by atoms with van der Waals surface area (Å²) in [7, 11) is 3.22. The second kappa shape index (κ2) is 10.4. The molecule has 3 atom stereocenters. The number of carbonyl (C=O) groups excluding carboxylic acids is 1. The van der Waals surface area contributed by atoms with E-state index >= 15 is 4.39 Å². The molecule has 0 aliphatic carbocycles. The molecule has 1 aliphatic heterocycles. The Bertz CT molecular complexity index is 1570. The molecule has 2 N–H and O–H groups in total. The molecule has 1 amide bonds. The number of fused-ring (bicyclic) bond motifs is 2. The lowest BCUT2D eigenvalue weighted by molar-refractivity contribution is -0.133. The fourth-order valence-electron chi connectivity index (χ4n) is 4.34. The number of thiophene rings is 1. The molecule has 1 saturated heterocycles. The molecule has 0 radical (unpaired) electrons. The molecule has 9 nitrogen and oxygen atoms in total. The first kappa shape index (κ1) is 25.1. The Balaban J connectivity index is 1.34. The largest absolute Gasteiger partial charge is 0.419 e. The fourth-order valence-corrected chi connectivity index (χ4v) is 5.40. The molecule has 3 heterocycles. The Kier molecular flexibility index (Phi) is 7.08. The van der Waals surface area contributed by atoms with Gasteiger partial charge >= 0.3 is 5.76 Å². The number of oxazole rings is 1. The van der Waals surface area contributed by atoms with Crippen molar-refractivity contribution in [2.75, 3.05) is 26.8 Å². The first-order valence-corrected chi connectivity index (χ1v) is 12.5. The molecule has 2 aromatic carbocycles. The van der Waals surface area contributed by atoms with Crippen LogP contribution in [0.15, 0.2) is 45.6 Å². The molecular formula is C26H25FN4O5S. The van der Waals surface area contributed by atoms with Crippen LogP contribution in [0.25, 0.3) is 31.6 Å². The van der Waals surface area contributed by atoms with Gasteiger partial charge in [0, 0.05) is 43.2 Å². The summed E-state index contributed by atoms with van der Waals surface area (Å²) < 4.78 is 33.3. The average Bonchev–Trinajstić information content (AvgIpc) is 3.31. The minimum atomic E-state index is -0.924. The van der Waals surface area contributed by atoms with Crippen LogP contribution in [0.2, 0.25) is 0 Å². The van der Waals surface area contributed by atoms with Crippen LogP contribution >= 0.6 is 11.3 Å². The number of carbonyl (C=O) groups is 1. The third kappa shape index (κ3) is 5.14. The maximum absolute atomic E-state index is 15.0. The molecule has 1 aliphatic rings. The predicted octanol–water partition coefficient (Wildman–Crippen LogP) is 2.71. The Hall–Kier alpha value is -3.56. The number of hydrogen-bond acceptors (Lipinski definition) is 8. The highest BCUT2D eigenvalue weighted by Crippen LogP contribution is 2.36. The molecule has 5 rings (SSSR count). The summed E-state index contributed by atoms with van der Waals surface area (Å²) in [4.78, 5) is 25.4. The van der Waals surface area contributed by atoms with Gasteiger partial charge in [-0.2, -0.15) is 5.26 Å². The quantitative estimate of drug-likeness (QED) is 0.398. The van der Waals surface area contributed by atoms with Gasteiger partial charge in [-0.05, 0) is 52.9 Å². The highest BCUT2D eigenvalue weighted by Gasteiger charge is 2.26. The molecule has 11 heteroatoms. The van der Waals surface area contributed by atoms with Gasteiger partial charge in [0.2, 0.25) is 0 Å². The molecule has 4 aromatic rings. The third-order valence-corrected chi connectivity index (χ3v) is 7.62. The number of benzene rings is 2. The van der Waals surface area contributed by atoms with Crippen molar-refractivity contribution in [3.05, 3.63) is 58.3 Å². The number of nitrogens with zero attached hydrogens (tertiary/aromatic N) is 2. The lowest BCUT2D eigenvalue weighted by atomic mass is 10.0. The summed E-state index contributed by atoms with van der Waals surface area (Å²) in [5, 5.41) is 16.2. The van der Waals surface area contributed by atoms with Crippen molar-refractivity contribution in [1.29, 1.82) is 5.26 Å². The molecule has 0 unspecified atom stereocenters. The average molecular weight is 525 g/mol. The van der Waals surface area contributed by atoms with Crippen LogP contribution in [0.3, 0.4) is 0 Å². The van der Waals surface area contributed by atoms with E-state index in [1.165, 1.54) is 22.0 Å². The number of ether oxygens (including phenoxy) is 2. The number of hydrogen-bond donors (Lipinski definition) is 2. The highest BCUT2D eigenvalue weighted by molar-refractivity contribution is 7.22. The van der Waals surface area contributed by atoms with Crippen LogP contribution < -0.4 is 16.4 Å². The SMILES string of the molecule is CO[C@@H]1CNC[C@@H](C(=O)N[C@H](C#N)Cc2cc3cc(-c4ccc5oc(=O)n(C)c5c4)sc3cc2F)OC1. The van der Waals surface area contributed by atoms with Gasteiger partial charge in [0.15, 0.2) is 5.58 Å². The number of amides is 1. The minimum Gasteiger partial charge on any atom is -0.408 e. The fraction of sp³-hybridized carbons (Fsp3) is 0.346. The zero-order valence-electron chi connectivity index (χ0n) is 20.2. The van der Waals surface area contributed by atoms with Crippen LogP contribution in [0.1, 0.15) is 5.56 Å². The van der Waals surface area contributed by atoms with E-state index in [-0.39, 0.29) is 19.1 Å². The van der Waals surface area contributed by atoms with E-state index < -0.39 is 29.6 Å². The number of aromatic nitrogens is 1. The zero-order chi connectivity index (χ0) is 26.1. The van der Waals surface area contributed by atoms with Crippen LogP contribution in [0.5, 0.6) is 0 Å². The van der Waals surface area contributed by atoms with Crippen molar-refractivity contribution in [3.8, 4) is 16.5 Å². The summed E-state index contributed by atoms with van der Waals surface area (Å²) >= 11 is 1.43. The van der Waals surface area contributed by atoms with Gasteiger partial charge in [0.05, 0.1) is 24.3 Å². The van der Waals surface area contributed by atoms with Gasteiger partial charge in [-0.15, -0.1) is 11.3 Å². The van der Waals surface area contributed by atoms with E-state index in [2.05, 4.69) is 16.7 Å². The van der Waals surface area contributed by atoms with E-state index in [0.717, 1.165) is 20.5 Å². The van der Waals surface area contributed by atoms with E-state index in [4.69, 9.17) is 13.9 Å². The van der Waals surface area contributed by atoms with Crippen molar-refractivity contribution >= 4 is 38.4 Å². The first-order valence-electron chi connectivity index (χ1n) is 11.7. The number of halogens is 1. The number of methoxy groups -OCH3 is 1. The number of nitriles is 1. The van der Waals surface area contributed by atoms with E-state index in [1.807, 2.05) is 18.2 Å². The topological polar surface area (TPSA) is 119 Å². The van der Waals surface area contributed by atoms with Crippen LogP contribution in [-0.4, -0.2) is 55.5 Å². The second-order valence-corrected chi connectivity index (χ2v) is 10.0. The summed E-state index contributed by atoms with van der Waals surface area (Å²) in [6, 6.07) is 11.7. The normalized spacial score (nSPS) is 19.0. The lowest BCUT2D eigenvalue weighted by Gasteiger charge is -2.18. The van der Waals surface area contributed by atoms with Gasteiger partial charge < -0.3 is 24.5 Å². The second-order valence-electron chi connectivity index (χ2n) is 8.93. The van der Waals surface area contributed by atoms with Gasteiger partial charge in [0.25, 0.3) is 5.91 Å². The molecule has 0 saturated carbocycles. The van der Waals surface area contributed by atoms with E-state index in [9.17, 15) is 14.9 Å². The van der Waals surface area contributed by atoms with Gasteiger partial charge in [-0.25, -0.2) is 9.18 Å². The summed E-state index contributed by atoms with van der Waals surface area (Å²) in [5.74, 6) is -1.31. The van der Waals surface area contributed by atoms with Crippen LogP contribution in [0, 0.1) is 17.1 Å². The smallest absolute Gasteiger partial charge is 0.408 e. The van der Waals surface area contributed by atoms with Gasteiger partial charge in [0.1, 0.15) is 18.0 Å². The van der Waals surface area contributed by atoms with Crippen molar-refractivity contribution < 1.29 is 23.1 Å². The Labute approximate surface area is 215 Å². The van der Waals surface area contributed by atoms with Crippen LogP contribution in [-0.2, 0) is 27.7 Å². The molecule has 0 spiro atoms. The highest BCUT2D eigenvalue weighted by atomic mass is 32.1. The maximum Gasteiger partial charge on any atom is 0.419 e. The summed E-state index contributed by atoms with van der Waals surface area (Å²) in [6.07, 6.45) is -0.914. The number of aryl methyl sites for hydroxylation is 1. The Morgan fingerprint density at radius 3 is 2.97 bits per heavy atom. The molecule has 1 fully saturated rings. The predicted molar refractivity (Wildman–Crippen MR) is 137 cm³/mol. The monoisotopic (exact) mass is 524 g/mol. The molecule has 0 bridgehead atoms.